The van der Waals surface area contributed by atoms with Crippen LogP contribution in [0, 0.1) is 5.41 Å². The Labute approximate surface area is 174 Å². The first-order valence-electron chi connectivity index (χ1n) is 10.0. The van der Waals surface area contributed by atoms with Crippen molar-refractivity contribution >= 4 is 17.5 Å². The minimum Gasteiger partial charge on any atom is -0.497 e. The zero-order valence-corrected chi connectivity index (χ0v) is 18.3. The third-order valence-corrected chi connectivity index (χ3v) is 5.66. The van der Waals surface area contributed by atoms with Gasteiger partial charge in [-0.25, -0.2) is 0 Å². The molecule has 0 saturated carbocycles. The predicted octanol–water partition coefficient (Wildman–Crippen LogP) is 5.33. The summed E-state index contributed by atoms with van der Waals surface area (Å²) in [5, 5.41) is 0. The third-order valence-electron chi connectivity index (χ3n) is 5.00. The highest BCUT2D eigenvalue weighted by Gasteiger charge is 2.31. The van der Waals surface area contributed by atoms with Crippen LogP contribution in [0.15, 0.2) is 42.6 Å². The van der Waals surface area contributed by atoms with Crippen LogP contribution in [0.3, 0.4) is 0 Å². The summed E-state index contributed by atoms with van der Waals surface area (Å²) < 4.78 is 7.53. The molecule has 0 spiro atoms. The average Bonchev–Trinajstić information content (AvgIpc) is 3.13. The third kappa shape index (κ3) is 6.03. The lowest BCUT2D eigenvalue weighted by Crippen LogP contribution is -2.42. The van der Waals surface area contributed by atoms with Crippen molar-refractivity contribution in [1.29, 1.82) is 0 Å². The molecule has 28 heavy (non-hydrogen) atoms. The molecule has 0 aliphatic heterocycles. The van der Waals surface area contributed by atoms with Crippen LogP contribution in [-0.2, 0) is 17.9 Å². The van der Waals surface area contributed by atoms with E-state index in [1.807, 2.05) is 43.0 Å². The van der Waals surface area contributed by atoms with Crippen molar-refractivity contribution in [3.63, 3.8) is 0 Å². The molecule has 154 valence electrons. The van der Waals surface area contributed by atoms with Gasteiger partial charge in [0, 0.05) is 30.9 Å². The van der Waals surface area contributed by atoms with Crippen LogP contribution in [0.4, 0.5) is 0 Å². The fourth-order valence-corrected chi connectivity index (χ4v) is 3.31. The molecule has 0 fully saturated rings. The molecular weight excluding hydrogens is 372 g/mol. The van der Waals surface area contributed by atoms with E-state index in [1.54, 1.807) is 7.11 Å². The van der Waals surface area contributed by atoms with Gasteiger partial charge in [-0.3, -0.25) is 4.79 Å². The summed E-state index contributed by atoms with van der Waals surface area (Å²) in [7, 11) is 1.68. The normalized spacial score (nSPS) is 11.5. The number of carbonyl (C=O) groups is 1. The van der Waals surface area contributed by atoms with Crippen LogP contribution in [0.25, 0.3) is 0 Å². The van der Waals surface area contributed by atoms with E-state index in [9.17, 15) is 4.79 Å². The van der Waals surface area contributed by atoms with Crippen LogP contribution in [0.2, 0.25) is 0 Å². The monoisotopic (exact) mass is 404 g/mol. The van der Waals surface area contributed by atoms with Crippen molar-refractivity contribution in [2.75, 3.05) is 19.5 Å². The van der Waals surface area contributed by atoms with Gasteiger partial charge in [0.15, 0.2) is 0 Å². The molecule has 2 aromatic rings. The Bertz CT molecular complexity index is 755. The number of ether oxygens (including phenoxy) is 1. The number of halogens is 1. The zero-order chi connectivity index (χ0) is 20.6. The molecule has 0 bridgehead atoms. The number of methoxy groups -OCH3 is 1. The number of benzene rings is 1. The molecular formula is C23H33ClN2O2. The summed E-state index contributed by atoms with van der Waals surface area (Å²) in [6.07, 6.45) is 5.33. The molecule has 0 atom stereocenters. The van der Waals surface area contributed by atoms with Crippen molar-refractivity contribution in [2.45, 2.75) is 53.1 Å². The van der Waals surface area contributed by atoms with Gasteiger partial charge in [0.2, 0.25) is 5.91 Å². The lowest BCUT2D eigenvalue weighted by Gasteiger charge is -2.31. The Morgan fingerprint density at radius 3 is 2.68 bits per heavy atom. The van der Waals surface area contributed by atoms with Gasteiger partial charge in [0.1, 0.15) is 5.75 Å². The van der Waals surface area contributed by atoms with Crippen LogP contribution in [0.5, 0.6) is 5.75 Å². The molecule has 5 heteroatoms. The van der Waals surface area contributed by atoms with E-state index in [2.05, 4.69) is 29.8 Å². The minimum absolute atomic E-state index is 0.118. The second-order valence-electron chi connectivity index (χ2n) is 7.93. The number of alkyl halides is 1. The van der Waals surface area contributed by atoms with Gasteiger partial charge in [-0.15, -0.1) is 11.6 Å². The molecule has 1 amide bonds. The lowest BCUT2D eigenvalue weighted by atomic mass is 9.94. The van der Waals surface area contributed by atoms with E-state index in [4.69, 9.17) is 16.3 Å². The molecule has 0 radical (unpaired) electrons. The van der Waals surface area contributed by atoms with Crippen molar-refractivity contribution in [3.8, 4) is 5.75 Å². The van der Waals surface area contributed by atoms with Gasteiger partial charge in [-0.1, -0.05) is 31.9 Å². The van der Waals surface area contributed by atoms with E-state index in [-0.39, 0.29) is 5.91 Å². The maximum atomic E-state index is 13.1. The van der Waals surface area contributed by atoms with Crippen molar-refractivity contribution in [3.05, 3.63) is 53.9 Å². The van der Waals surface area contributed by atoms with Crippen LogP contribution in [0.1, 0.15) is 51.3 Å². The lowest BCUT2D eigenvalue weighted by molar-refractivity contribution is -0.140. The molecule has 1 aromatic heterocycles. The molecule has 2 rings (SSSR count). The van der Waals surface area contributed by atoms with Gasteiger partial charge in [0.25, 0.3) is 0 Å². The maximum absolute atomic E-state index is 13.1. The smallest absolute Gasteiger partial charge is 0.229 e. The summed E-state index contributed by atoms with van der Waals surface area (Å²) in [6.45, 7) is 8.12. The number of aromatic nitrogens is 1. The zero-order valence-electron chi connectivity index (χ0n) is 17.6. The fraction of sp³-hybridized carbons (Fsp3) is 0.522. The standard InChI is InChI=1S/C23H33ClN2O2/c1-5-6-7-13-26(22(27)23(2,3)18-24)17-20-11-9-14-25(20)16-19-10-8-12-21(15-19)28-4/h8-12,14-15H,5-7,13,16-18H2,1-4H3. The number of hydrogen-bond acceptors (Lipinski definition) is 2. The summed E-state index contributed by atoms with van der Waals surface area (Å²) >= 11 is 6.08. The molecule has 4 nitrogen and oxygen atoms in total. The number of amides is 1. The Morgan fingerprint density at radius 2 is 2.00 bits per heavy atom. The molecule has 1 aromatic carbocycles. The summed E-state index contributed by atoms with van der Waals surface area (Å²) in [6, 6.07) is 12.2. The van der Waals surface area contributed by atoms with Crippen LogP contribution < -0.4 is 4.74 Å². The molecule has 0 aliphatic carbocycles. The van der Waals surface area contributed by atoms with E-state index < -0.39 is 5.41 Å². The van der Waals surface area contributed by atoms with Crippen molar-refractivity contribution < 1.29 is 9.53 Å². The first-order chi connectivity index (χ1) is 13.4. The van der Waals surface area contributed by atoms with Crippen molar-refractivity contribution in [2.24, 2.45) is 5.41 Å². The number of rotatable bonds is 11. The van der Waals surface area contributed by atoms with Gasteiger partial charge in [0.05, 0.1) is 19.1 Å². The highest BCUT2D eigenvalue weighted by Crippen LogP contribution is 2.23. The number of carbonyl (C=O) groups excluding carboxylic acids is 1. The molecule has 0 unspecified atom stereocenters. The number of hydrogen-bond donors (Lipinski definition) is 0. The summed E-state index contributed by atoms with van der Waals surface area (Å²) in [4.78, 5) is 15.1. The Kier molecular flexibility index (Phi) is 8.43. The topological polar surface area (TPSA) is 34.5 Å². The van der Waals surface area contributed by atoms with E-state index in [0.717, 1.165) is 43.8 Å². The number of unbranched alkanes of at least 4 members (excludes halogenated alkanes) is 2. The van der Waals surface area contributed by atoms with Crippen LogP contribution >= 0.6 is 11.6 Å². The Balaban J connectivity index is 2.17. The van der Waals surface area contributed by atoms with Crippen LogP contribution in [-0.4, -0.2) is 34.9 Å². The van der Waals surface area contributed by atoms with Gasteiger partial charge in [-0.2, -0.15) is 0 Å². The highest BCUT2D eigenvalue weighted by atomic mass is 35.5. The van der Waals surface area contributed by atoms with E-state index in [0.29, 0.717) is 12.4 Å². The van der Waals surface area contributed by atoms with E-state index >= 15 is 0 Å². The van der Waals surface area contributed by atoms with E-state index in [1.165, 1.54) is 5.56 Å². The first kappa shape index (κ1) is 22.4. The maximum Gasteiger partial charge on any atom is 0.229 e. The predicted molar refractivity (Wildman–Crippen MR) is 116 cm³/mol. The largest absolute Gasteiger partial charge is 0.497 e. The summed E-state index contributed by atoms with van der Waals surface area (Å²) in [5.41, 5.74) is 1.73. The molecule has 0 aliphatic rings. The fourth-order valence-electron chi connectivity index (χ4n) is 3.20. The second kappa shape index (κ2) is 10.6. The van der Waals surface area contributed by atoms with Crippen molar-refractivity contribution in [1.82, 2.24) is 9.47 Å². The Morgan fingerprint density at radius 1 is 1.21 bits per heavy atom. The quantitative estimate of drug-likeness (QED) is 0.374. The second-order valence-corrected chi connectivity index (χ2v) is 8.20. The van der Waals surface area contributed by atoms with Gasteiger partial charge >= 0.3 is 0 Å². The molecule has 0 saturated heterocycles. The molecule has 1 heterocycles. The average molecular weight is 405 g/mol. The van der Waals surface area contributed by atoms with Gasteiger partial charge in [-0.05, 0) is 50.1 Å². The SMILES string of the molecule is CCCCCN(Cc1cccn1Cc1cccc(OC)c1)C(=O)C(C)(C)CCl. The number of nitrogens with zero attached hydrogens (tertiary/aromatic N) is 2. The minimum atomic E-state index is -0.558. The highest BCUT2D eigenvalue weighted by molar-refractivity contribution is 6.19. The van der Waals surface area contributed by atoms with Gasteiger partial charge < -0.3 is 14.2 Å². The Hall–Kier alpha value is -1.94. The molecule has 0 N–H and O–H groups in total. The summed E-state index contributed by atoms with van der Waals surface area (Å²) in [5.74, 6) is 1.29. The first-order valence-corrected chi connectivity index (χ1v) is 10.6.